The molecule has 1 amide bonds. The molecule has 4 aliphatic carbocycles. The van der Waals surface area contributed by atoms with Crippen LogP contribution in [0.25, 0.3) is 0 Å². The van der Waals surface area contributed by atoms with Crippen molar-refractivity contribution in [2.24, 2.45) is 17.8 Å². The number of methoxy groups -OCH3 is 1. The first-order valence-corrected chi connectivity index (χ1v) is 9.21. The van der Waals surface area contributed by atoms with Gasteiger partial charge in [0.2, 0.25) is 11.8 Å². The molecule has 4 aliphatic rings. The molecule has 6 heteroatoms. The van der Waals surface area contributed by atoms with Gasteiger partial charge >= 0.3 is 0 Å². The minimum Gasteiger partial charge on any atom is -0.374 e. The molecule has 4 fully saturated rings. The fourth-order valence-corrected chi connectivity index (χ4v) is 5.48. The molecule has 0 aromatic carbocycles. The van der Waals surface area contributed by atoms with E-state index in [9.17, 15) is 4.79 Å². The van der Waals surface area contributed by atoms with Crippen molar-refractivity contribution in [2.45, 2.75) is 69.9 Å². The molecule has 4 saturated carbocycles. The van der Waals surface area contributed by atoms with Crippen LogP contribution in [0.15, 0.2) is 4.52 Å². The first kappa shape index (κ1) is 16.1. The van der Waals surface area contributed by atoms with Crippen molar-refractivity contribution in [1.82, 2.24) is 15.5 Å². The Morgan fingerprint density at radius 1 is 1.29 bits per heavy atom. The van der Waals surface area contributed by atoms with Crippen LogP contribution in [0.1, 0.15) is 69.7 Å². The van der Waals surface area contributed by atoms with E-state index in [1.165, 1.54) is 38.5 Å². The van der Waals surface area contributed by atoms with Gasteiger partial charge in [-0.05, 0) is 63.2 Å². The lowest BCUT2D eigenvalue weighted by Crippen LogP contribution is -2.59. The van der Waals surface area contributed by atoms with Crippen LogP contribution in [-0.4, -0.2) is 28.7 Å². The second-order valence-corrected chi connectivity index (χ2v) is 8.17. The number of rotatable bonds is 6. The molecule has 4 bridgehead atoms. The van der Waals surface area contributed by atoms with Crippen molar-refractivity contribution in [3.63, 3.8) is 0 Å². The summed E-state index contributed by atoms with van der Waals surface area (Å²) in [5.74, 6) is 3.68. The maximum Gasteiger partial charge on any atom is 0.227 e. The van der Waals surface area contributed by atoms with Gasteiger partial charge in [-0.15, -0.1) is 0 Å². The number of nitrogens with zero attached hydrogens (tertiary/aromatic N) is 2. The first-order chi connectivity index (χ1) is 11.5. The van der Waals surface area contributed by atoms with Crippen molar-refractivity contribution in [3.05, 3.63) is 11.7 Å². The summed E-state index contributed by atoms with van der Waals surface area (Å²) in [5.41, 5.74) is 0.0798. The molecule has 0 spiro atoms. The third-order valence-corrected chi connectivity index (χ3v) is 6.21. The number of hydrogen-bond donors (Lipinski definition) is 1. The molecule has 132 valence electrons. The summed E-state index contributed by atoms with van der Waals surface area (Å²) < 4.78 is 10.4. The van der Waals surface area contributed by atoms with E-state index < -0.39 is 0 Å². The average molecular weight is 333 g/mol. The van der Waals surface area contributed by atoms with Crippen LogP contribution in [0.4, 0.5) is 0 Å². The van der Waals surface area contributed by atoms with Gasteiger partial charge in [-0.1, -0.05) is 5.16 Å². The Hall–Kier alpha value is -1.43. The zero-order valence-corrected chi connectivity index (χ0v) is 14.6. The Balaban J connectivity index is 1.32. The predicted molar refractivity (Wildman–Crippen MR) is 87.1 cm³/mol. The molecule has 24 heavy (non-hydrogen) atoms. The molecule has 0 unspecified atom stereocenters. The quantitative estimate of drug-likeness (QED) is 0.866. The number of carbonyl (C=O) groups excluding carboxylic acids is 1. The minimum absolute atomic E-state index is 0.0798. The van der Waals surface area contributed by atoms with Gasteiger partial charge < -0.3 is 14.6 Å². The Kier molecular flexibility index (Phi) is 4.11. The minimum atomic E-state index is -0.191. The van der Waals surface area contributed by atoms with Gasteiger partial charge in [0.05, 0.1) is 0 Å². The molecule has 0 aliphatic heterocycles. The maximum atomic E-state index is 12.5. The number of carbonyl (C=O) groups is 1. The van der Waals surface area contributed by atoms with E-state index >= 15 is 0 Å². The highest BCUT2D eigenvalue weighted by atomic mass is 16.5. The number of nitrogens with one attached hydrogen (secondary N) is 1. The molecular weight excluding hydrogens is 306 g/mol. The number of ether oxygens (including phenoxy) is 1. The zero-order valence-electron chi connectivity index (χ0n) is 14.6. The summed E-state index contributed by atoms with van der Waals surface area (Å²) in [7, 11) is 1.61. The van der Waals surface area contributed by atoms with Crippen LogP contribution >= 0.6 is 0 Å². The van der Waals surface area contributed by atoms with E-state index in [1.54, 1.807) is 7.11 Å². The van der Waals surface area contributed by atoms with Crippen LogP contribution in [-0.2, 0) is 16.0 Å². The van der Waals surface area contributed by atoms with Gasteiger partial charge in [-0.2, -0.15) is 4.98 Å². The fourth-order valence-electron chi connectivity index (χ4n) is 5.48. The van der Waals surface area contributed by atoms with Crippen molar-refractivity contribution in [1.29, 1.82) is 0 Å². The Bertz CT molecular complexity index is 577. The SMILES string of the molecule is CO[C@H](C)c1noc(CCC(=O)NC23CC4CC(CC(C4)C2)C3)n1. The van der Waals surface area contributed by atoms with Gasteiger partial charge in [0.25, 0.3) is 0 Å². The first-order valence-electron chi connectivity index (χ1n) is 9.21. The molecule has 1 aromatic rings. The molecular formula is C18H27N3O3. The van der Waals surface area contributed by atoms with Gasteiger partial charge in [0.15, 0.2) is 5.82 Å². The lowest BCUT2D eigenvalue weighted by Gasteiger charge is -2.56. The third-order valence-electron chi connectivity index (χ3n) is 6.21. The average Bonchev–Trinajstić information content (AvgIpc) is 2.99. The topological polar surface area (TPSA) is 77.2 Å². The van der Waals surface area contributed by atoms with Crippen LogP contribution in [0, 0.1) is 17.8 Å². The van der Waals surface area contributed by atoms with E-state index in [0.29, 0.717) is 24.6 Å². The summed E-state index contributed by atoms with van der Waals surface area (Å²) in [6.07, 6.45) is 8.41. The summed E-state index contributed by atoms with van der Waals surface area (Å²) in [4.78, 5) is 16.8. The van der Waals surface area contributed by atoms with Crippen LogP contribution in [0.3, 0.4) is 0 Å². The van der Waals surface area contributed by atoms with E-state index in [-0.39, 0.29) is 17.6 Å². The molecule has 1 heterocycles. The maximum absolute atomic E-state index is 12.5. The fraction of sp³-hybridized carbons (Fsp3) is 0.833. The van der Waals surface area contributed by atoms with Gasteiger partial charge in [0, 0.05) is 25.5 Å². The van der Waals surface area contributed by atoms with Crippen LogP contribution in [0.5, 0.6) is 0 Å². The summed E-state index contributed by atoms with van der Waals surface area (Å²) in [6.45, 7) is 1.87. The van der Waals surface area contributed by atoms with Gasteiger partial charge in [-0.3, -0.25) is 4.79 Å². The summed E-state index contributed by atoms with van der Waals surface area (Å²) >= 11 is 0. The van der Waals surface area contributed by atoms with E-state index in [1.807, 2.05) is 6.92 Å². The molecule has 0 saturated heterocycles. The Morgan fingerprint density at radius 3 is 2.50 bits per heavy atom. The highest BCUT2D eigenvalue weighted by Crippen LogP contribution is 2.55. The Labute approximate surface area is 142 Å². The number of hydrogen-bond acceptors (Lipinski definition) is 5. The highest BCUT2D eigenvalue weighted by molar-refractivity contribution is 5.77. The third kappa shape index (κ3) is 3.08. The second kappa shape index (κ2) is 6.14. The number of aromatic nitrogens is 2. The smallest absolute Gasteiger partial charge is 0.227 e. The normalized spacial score (nSPS) is 35.2. The highest BCUT2D eigenvalue weighted by Gasteiger charge is 2.51. The molecule has 6 nitrogen and oxygen atoms in total. The largest absolute Gasteiger partial charge is 0.374 e. The van der Waals surface area contributed by atoms with Gasteiger partial charge in [0.1, 0.15) is 6.10 Å². The molecule has 1 aromatic heterocycles. The van der Waals surface area contributed by atoms with Crippen molar-refractivity contribution in [3.8, 4) is 0 Å². The summed E-state index contributed by atoms with van der Waals surface area (Å²) in [5, 5.41) is 7.28. The van der Waals surface area contributed by atoms with E-state index in [0.717, 1.165) is 17.8 Å². The molecule has 5 rings (SSSR count). The van der Waals surface area contributed by atoms with Crippen molar-refractivity contribution in [2.75, 3.05) is 7.11 Å². The standard InChI is InChI=1S/C18H27N3O3/c1-11(23-2)17-19-16(24-21-17)4-3-15(22)20-18-8-12-5-13(9-18)7-14(6-12)10-18/h11-14H,3-10H2,1-2H3,(H,20,22)/t11-,12?,13?,14?,18?/m1/s1. The molecule has 1 atom stereocenters. The molecule has 1 N–H and O–H groups in total. The number of aryl methyl sites for hydroxylation is 1. The lowest BCUT2D eigenvalue weighted by atomic mass is 9.53. The van der Waals surface area contributed by atoms with E-state index in [4.69, 9.17) is 9.26 Å². The summed E-state index contributed by atoms with van der Waals surface area (Å²) in [6, 6.07) is 0. The monoisotopic (exact) mass is 333 g/mol. The van der Waals surface area contributed by atoms with Crippen molar-refractivity contribution >= 4 is 5.91 Å². The number of amides is 1. The van der Waals surface area contributed by atoms with Crippen molar-refractivity contribution < 1.29 is 14.1 Å². The molecule has 0 radical (unpaired) electrons. The Morgan fingerprint density at radius 2 is 1.92 bits per heavy atom. The van der Waals surface area contributed by atoms with E-state index in [2.05, 4.69) is 15.5 Å². The van der Waals surface area contributed by atoms with Gasteiger partial charge in [-0.25, -0.2) is 0 Å². The zero-order chi connectivity index (χ0) is 16.7. The second-order valence-electron chi connectivity index (χ2n) is 8.17. The van der Waals surface area contributed by atoms with Crippen LogP contribution < -0.4 is 5.32 Å². The van der Waals surface area contributed by atoms with Crippen LogP contribution in [0.2, 0.25) is 0 Å². The lowest BCUT2D eigenvalue weighted by molar-refractivity contribution is -0.126. The predicted octanol–water partition coefficient (Wildman–Crippen LogP) is 2.79.